The Balaban J connectivity index is 2.26. The molecule has 1 aromatic heterocycles. The van der Waals surface area contributed by atoms with Gasteiger partial charge < -0.3 is 5.32 Å². The first-order valence-corrected chi connectivity index (χ1v) is 4.77. The molecule has 76 valence electrons. The molecule has 15 heavy (non-hydrogen) atoms. The lowest BCUT2D eigenvalue weighted by Crippen LogP contribution is -1.95. The van der Waals surface area contributed by atoms with Crippen LogP contribution in [0.4, 0.5) is 15.9 Å². The Labute approximate surface area is 91.7 Å². The number of benzene rings is 1. The van der Waals surface area contributed by atoms with Gasteiger partial charge in [0.1, 0.15) is 5.82 Å². The van der Waals surface area contributed by atoms with E-state index in [4.69, 9.17) is 11.6 Å². The maximum atomic E-state index is 12.8. The van der Waals surface area contributed by atoms with Gasteiger partial charge in [-0.15, -0.1) is 0 Å². The van der Waals surface area contributed by atoms with E-state index in [-0.39, 0.29) is 0 Å². The third-order valence-electron chi connectivity index (χ3n) is 1.85. The summed E-state index contributed by atoms with van der Waals surface area (Å²) in [5.74, 6) is -0.0878. The topological polar surface area (TPSA) is 24.9 Å². The molecule has 0 unspecified atom stereocenters. The normalized spacial score (nSPS) is 10.0. The van der Waals surface area contributed by atoms with Crippen molar-refractivity contribution in [1.29, 1.82) is 0 Å². The number of para-hydroxylation sites is 1. The maximum Gasteiger partial charge on any atom is 0.214 e. The summed E-state index contributed by atoms with van der Waals surface area (Å²) in [5.41, 5.74) is 0.706. The molecule has 0 saturated heterocycles. The van der Waals surface area contributed by atoms with E-state index < -0.39 is 5.95 Å². The summed E-state index contributed by atoms with van der Waals surface area (Å²) >= 11 is 5.93. The van der Waals surface area contributed by atoms with E-state index in [1.165, 1.54) is 6.07 Å². The number of anilines is 2. The smallest absolute Gasteiger partial charge is 0.214 e. The highest BCUT2D eigenvalue weighted by atomic mass is 35.5. The van der Waals surface area contributed by atoms with Crippen molar-refractivity contribution in [3.8, 4) is 0 Å². The molecule has 2 nitrogen and oxygen atoms in total. The van der Waals surface area contributed by atoms with Crippen molar-refractivity contribution in [2.45, 2.75) is 0 Å². The monoisotopic (exact) mass is 222 g/mol. The van der Waals surface area contributed by atoms with Gasteiger partial charge in [-0.05, 0) is 24.3 Å². The highest BCUT2D eigenvalue weighted by Crippen LogP contribution is 2.23. The Bertz CT molecular complexity index is 474. The van der Waals surface area contributed by atoms with Gasteiger partial charge in [-0.25, -0.2) is 4.98 Å². The van der Waals surface area contributed by atoms with E-state index >= 15 is 0 Å². The average Bonchev–Trinajstić information content (AvgIpc) is 2.22. The molecule has 0 bridgehead atoms. The van der Waals surface area contributed by atoms with E-state index in [0.29, 0.717) is 16.5 Å². The molecule has 0 fully saturated rings. The maximum absolute atomic E-state index is 12.8. The molecular weight excluding hydrogens is 215 g/mol. The Morgan fingerprint density at radius 3 is 2.60 bits per heavy atom. The van der Waals surface area contributed by atoms with Crippen LogP contribution in [0.25, 0.3) is 0 Å². The molecule has 1 N–H and O–H groups in total. The number of hydrogen-bond donors (Lipinski definition) is 1. The molecule has 4 heteroatoms. The third-order valence-corrected chi connectivity index (χ3v) is 2.18. The van der Waals surface area contributed by atoms with Gasteiger partial charge in [0.05, 0.1) is 10.7 Å². The summed E-state index contributed by atoms with van der Waals surface area (Å²) in [6.07, 6.45) is 0. The first-order valence-electron chi connectivity index (χ1n) is 4.40. The minimum atomic E-state index is -0.521. The number of rotatable bonds is 2. The van der Waals surface area contributed by atoms with Crippen LogP contribution in [-0.2, 0) is 0 Å². The molecule has 1 aromatic carbocycles. The molecule has 0 amide bonds. The Morgan fingerprint density at radius 1 is 1.07 bits per heavy atom. The minimum absolute atomic E-state index is 0.433. The SMILES string of the molecule is Fc1cccc(Nc2ccccc2Cl)n1. The van der Waals surface area contributed by atoms with Gasteiger partial charge in [-0.2, -0.15) is 4.39 Å². The number of nitrogens with one attached hydrogen (secondary N) is 1. The fraction of sp³-hybridized carbons (Fsp3) is 0. The highest BCUT2D eigenvalue weighted by molar-refractivity contribution is 6.33. The standard InChI is InChI=1S/C11H8ClFN2/c12-8-4-1-2-5-9(8)14-11-7-3-6-10(13)15-11/h1-7H,(H,14,15). The number of nitrogens with zero attached hydrogens (tertiary/aromatic N) is 1. The number of pyridine rings is 1. The summed E-state index contributed by atoms with van der Waals surface area (Å²) in [6, 6.07) is 11.8. The molecule has 0 aliphatic heterocycles. The lowest BCUT2D eigenvalue weighted by molar-refractivity contribution is 0.585. The van der Waals surface area contributed by atoms with Crippen LogP contribution in [0.15, 0.2) is 42.5 Å². The third kappa shape index (κ3) is 2.44. The lowest BCUT2D eigenvalue weighted by Gasteiger charge is -2.06. The van der Waals surface area contributed by atoms with Gasteiger partial charge in [0.15, 0.2) is 0 Å². The molecule has 0 aliphatic rings. The van der Waals surface area contributed by atoms with Gasteiger partial charge in [-0.3, -0.25) is 0 Å². The zero-order chi connectivity index (χ0) is 10.7. The van der Waals surface area contributed by atoms with Crippen LogP contribution >= 0.6 is 11.6 Å². The van der Waals surface area contributed by atoms with Gasteiger partial charge in [0.2, 0.25) is 5.95 Å². The fourth-order valence-electron chi connectivity index (χ4n) is 1.18. The number of aromatic nitrogens is 1. The van der Waals surface area contributed by atoms with E-state index in [9.17, 15) is 4.39 Å². The second-order valence-electron chi connectivity index (χ2n) is 2.95. The molecular formula is C11H8ClFN2. The van der Waals surface area contributed by atoms with Gasteiger partial charge >= 0.3 is 0 Å². The van der Waals surface area contributed by atoms with Crippen molar-refractivity contribution in [3.05, 3.63) is 53.4 Å². The van der Waals surface area contributed by atoms with E-state index in [1.807, 2.05) is 12.1 Å². The van der Waals surface area contributed by atoms with Gasteiger partial charge in [-0.1, -0.05) is 29.8 Å². The van der Waals surface area contributed by atoms with E-state index in [2.05, 4.69) is 10.3 Å². The summed E-state index contributed by atoms with van der Waals surface area (Å²) in [5, 5.41) is 3.50. The first kappa shape index (κ1) is 9.93. The van der Waals surface area contributed by atoms with E-state index in [0.717, 1.165) is 0 Å². The lowest BCUT2D eigenvalue weighted by atomic mass is 10.3. The molecule has 1 heterocycles. The van der Waals surface area contributed by atoms with E-state index in [1.54, 1.807) is 24.3 Å². The van der Waals surface area contributed by atoms with Crippen molar-refractivity contribution < 1.29 is 4.39 Å². The summed E-state index contributed by atoms with van der Waals surface area (Å²) in [7, 11) is 0. The largest absolute Gasteiger partial charge is 0.339 e. The second-order valence-corrected chi connectivity index (χ2v) is 3.36. The Morgan fingerprint density at radius 2 is 1.87 bits per heavy atom. The van der Waals surface area contributed by atoms with Crippen LogP contribution in [0.2, 0.25) is 5.02 Å². The minimum Gasteiger partial charge on any atom is -0.339 e. The van der Waals surface area contributed by atoms with Gasteiger partial charge in [0, 0.05) is 0 Å². The Hall–Kier alpha value is -1.61. The van der Waals surface area contributed by atoms with Crippen LogP contribution in [0, 0.1) is 5.95 Å². The zero-order valence-corrected chi connectivity index (χ0v) is 8.50. The number of hydrogen-bond acceptors (Lipinski definition) is 2. The van der Waals surface area contributed by atoms with Crippen molar-refractivity contribution >= 4 is 23.1 Å². The predicted octanol–water partition coefficient (Wildman–Crippen LogP) is 3.62. The summed E-state index contributed by atoms with van der Waals surface area (Å²) < 4.78 is 12.8. The highest BCUT2D eigenvalue weighted by Gasteiger charge is 2.00. The van der Waals surface area contributed by atoms with Crippen LogP contribution in [0.5, 0.6) is 0 Å². The number of halogens is 2. The van der Waals surface area contributed by atoms with Crippen molar-refractivity contribution in [1.82, 2.24) is 4.98 Å². The average molecular weight is 223 g/mol. The molecule has 0 radical (unpaired) electrons. The second kappa shape index (κ2) is 4.28. The molecule has 2 aromatic rings. The van der Waals surface area contributed by atoms with Crippen LogP contribution in [-0.4, -0.2) is 4.98 Å². The molecule has 0 saturated carbocycles. The Kier molecular flexibility index (Phi) is 2.83. The zero-order valence-electron chi connectivity index (χ0n) is 7.74. The fourth-order valence-corrected chi connectivity index (χ4v) is 1.36. The van der Waals surface area contributed by atoms with Crippen LogP contribution < -0.4 is 5.32 Å². The molecule has 0 spiro atoms. The van der Waals surface area contributed by atoms with Crippen molar-refractivity contribution in [2.75, 3.05) is 5.32 Å². The van der Waals surface area contributed by atoms with Crippen LogP contribution in [0.1, 0.15) is 0 Å². The van der Waals surface area contributed by atoms with Crippen LogP contribution in [0.3, 0.4) is 0 Å². The first-order chi connectivity index (χ1) is 7.25. The summed E-state index contributed by atoms with van der Waals surface area (Å²) in [6.45, 7) is 0. The predicted molar refractivity (Wildman–Crippen MR) is 58.9 cm³/mol. The quantitative estimate of drug-likeness (QED) is 0.785. The van der Waals surface area contributed by atoms with Gasteiger partial charge in [0.25, 0.3) is 0 Å². The molecule has 0 aliphatic carbocycles. The summed E-state index contributed by atoms with van der Waals surface area (Å²) in [4.78, 5) is 3.67. The van der Waals surface area contributed by atoms with Crippen molar-refractivity contribution in [3.63, 3.8) is 0 Å². The molecule has 2 rings (SSSR count). The van der Waals surface area contributed by atoms with Crippen molar-refractivity contribution in [2.24, 2.45) is 0 Å². The molecule has 0 atom stereocenters.